The molecule has 48 heavy (non-hydrogen) atoms. The SMILES string of the molecule is O=C(O)C1(S(=O)(=O)O)C(C(=O)O)(S(=O)(=O)O)C(C(=O)O)(S(=O)(=O)O)C(C(=O)O)(S(=O)(=O)O)C(C(=O)O)(S(=O)(=O)O)C1(C(=O)O)S(=O)(=O)O. The Kier molecular flexibility index (Phi) is 9.16. The first-order valence-corrected chi connectivity index (χ1v) is 18.5. The number of hydrogen-bond donors (Lipinski definition) is 12. The lowest BCUT2D eigenvalue weighted by atomic mass is 9.52. The molecule has 0 aromatic carbocycles. The third-order valence-electron chi connectivity index (χ3n) is 7.10. The van der Waals surface area contributed by atoms with Gasteiger partial charge in [-0.25, -0.2) is 0 Å². The summed E-state index contributed by atoms with van der Waals surface area (Å²) < 4.78 is 168. The number of hydrogen-bond acceptors (Lipinski definition) is 18. The topological polar surface area (TPSA) is 550 Å². The van der Waals surface area contributed by atoms with Crippen molar-refractivity contribution in [2.75, 3.05) is 0 Å². The van der Waals surface area contributed by atoms with Gasteiger partial charge in [0.15, 0.2) is 0 Å². The zero-order chi connectivity index (χ0) is 39.5. The van der Waals surface area contributed by atoms with E-state index in [1.165, 1.54) is 0 Å². The first kappa shape index (κ1) is 42.3. The van der Waals surface area contributed by atoms with Crippen LogP contribution in [0.4, 0.5) is 0 Å². The summed E-state index contributed by atoms with van der Waals surface area (Å²) in [6.45, 7) is 0. The molecule has 0 aromatic heterocycles. The molecule has 0 amide bonds. The first-order chi connectivity index (χ1) is 20.7. The van der Waals surface area contributed by atoms with E-state index in [1.54, 1.807) is 0 Å². The van der Waals surface area contributed by atoms with Crippen LogP contribution in [0.3, 0.4) is 0 Å². The molecule has 0 bridgehead atoms. The molecule has 0 spiro atoms. The van der Waals surface area contributed by atoms with E-state index in [0.717, 1.165) is 0 Å². The molecule has 276 valence electrons. The normalized spacial score (nSPS) is 33.6. The summed E-state index contributed by atoms with van der Waals surface area (Å²) in [6.07, 6.45) is 0. The molecule has 1 aliphatic rings. The third-order valence-corrected chi connectivity index (χ3v) is 17.2. The zero-order valence-electron chi connectivity index (χ0n) is 21.2. The fraction of sp³-hybridized carbons (Fsp3) is 0.500. The average Bonchev–Trinajstić information content (AvgIpc) is 2.75. The maximum absolute atomic E-state index is 13.0. The van der Waals surface area contributed by atoms with Crippen LogP contribution >= 0.6 is 0 Å². The summed E-state index contributed by atoms with van der Waals surface area (Å²) >= 11 is 0. The standard InChI is InChI=1S/C12H12O30S6/c13-1(14)7(43(25,26)27)8(2(15)16,44(28,29)30)10(4(19)20,46(34,35)36)12(6(23)24,48(40,41)42)11(5(21)22,47(37,38)39)9(7,3(17)18)45(31,32)33/h(H,13,14)(H,15,16)(H,17,18)(H,19,20)(H,21,22)(H,23,24)(H,25,26,27)(H,28,29,30)(H,31,32,33)(H,34,35,36)(H,37,38,39)(H,40,41,42). The van der Waals surface area contributed by atoms with E-state index < -0.39 is 125 Å². The molecule has 0 radical (unpaired) electrons. The van der Waals surface area contributed by atoms with Crippen LogP contribution in [0, 0.1) is 0 Å². The Balaban J connectivity index is 6.70. The minimum atomic E-state index is -9.00. The first-order valence-electron chi connectivity index (χ1n) is 9.89. The predicted molar refractivity (Wildman–Crippen MR) is 131 cm³/mol. The highest BCUT2D eigenvalue weighted by Crippen LogP contribution is 2.72. The van der Waals surface area contributed by atoms with Crippen molar-refractivity contribution in [3.8, 4) is 0 Å². The minimum Gasteiger partial charge on any atom is -0.480 e. The second kappa shape index (κ2) is 10.4. The van der Waals surface area contributed by atoms with Gasteiger partial charge in [0.2, 0.25) is 0 Å². The van der Waals surface area contributed by atoms with Crippen LogP contribution < -0.4 is 0 Å². The van der Waals surface area contributed by atoms with Gasteiger partial charge in [-0.15, -0.1) is 0 Å². The molecule has 1 saturated carbocycles. The van der Waals surface area contributed by atoms with Gasteiger partial charge >= 0.3 is 35.8 Å². The highest BCUT2D eigenvalue weighted by molar-refractivity contribution is 8.00. The van der Waals surface area contributed by atoms with Gasteiger partial charge in [0.05, 0.1) is 0 Å². The van der Waals surface area contributed by atoms with E-state index in [4.69, 9.17) is 0 Å². The number of carboxylic acids is 6. The second-order valence-corrected chi connectivity index (χ2v) is 18.1. The van der Waals surface area contributed by atoms with Crippen molar-refractivity contribution >= 4 is 96.5 Å². The van der Waals surface area contributed by atoms with Crippen molar-refractivity contribution < 1.29 is 137 Å². The summed E-state index contributed by atoms with van der Waals surface area (Å²) in [5, 5.41) is 59.9. The molecule has 0 saturated heterocycles. The van der Waals surface area contributed by atoms with Gasteiger partial charge in [-0.1, -0.05) is 0 Å². The summed E-state index contributed by atoms with van der Waals surface area (Å²) in [7, 11) is -54.0. The predicted octanol–water partition coefficient (Wildman–Crippen LogP) is -7.73. The minimum absolute atomic E-state index is 5.01. The number of carboxylic acid groups (broad SMARTS) is 6. The summed E-state index contributed by atoms with van der Waals surface area (Å²) in [4.78, 5) is 77.1. The second-order valence-electron chi connectivity index (χ2n) is 8.77. The van der Waals surface area contributed by atoms with Crippen LogP contribution in [0.25, 0.3) is 0 Å². The zero-order valence-corrected chi connectivity index (χ0v) is 26.1. The molecule has 1 aliphatic carbocycles. The third kappa shape index (κ3) is 3.66. The van der Waals surface area contributed by atoms with E-state index in [1.807, 2.05) is 0 Å². The molecule has 0 aromatic rings. The summed E-state index contributed by atoms with van der Waals surface area (Å²) in [6, 6.07) is 0. The largest absolute Gasteiger partial charge is 0.480 e. The maximum atomic E-state index is 13.0. The number of rotatable bonds is 12. The van der Waals surface area contributed by atoms with Gasteiger partial charge in [-0.2, -0.15) is 50.5 Å². The van der Waals surface area contributed by atoms with Gasteiger partial charge in [-0.05, 0) is 0 Å². The Morgan fingerprint density at radius 2 is 0.312 bits per heavy atom. The smallest absolute Gasteiger partial charge is 0.332 e. The van der Waals surface area contributed by atoms with Gasteiger partial charge < -0.3 is 30.6 Å². The molecule has 0 unspecified atom stereocenters. The molecule has 1 fully saturated rings. The van der Waals surface area contributed by atoms with Gasteiger partial charge in [0.25, 0.3) is 89.2 Å². The van der Waals surface area contributed by atoms with Crippen LogP contribution in [-0.4, -0.2) is 173 Å². The van der Waals surface area contributed by atoms with Crippen LogP contribution in [0.1, 0.15) is 0 Å². The molecule has 0 atom stereocenters. The van der Waals surface area contributed by atoms with Crippen LogP contribution in [-0.2, 0) is 89.5 Å². The Bertz CT molecular complexity index is 1820. The molecule has 0 heterocycles. The van der Waals surface area contributed by atoms with Crippen molar-refractivity contribution in [3.63, 3.8) is 0 Å². The Labute approximate surface area is 261 Å². The Hall–Kier alpha value is -3.72. The lowest BCUT2D eigenvalue weighted by Gasteiger charge is -2.64. The van der Waals surface area contributed by atoms with Crippen molar-refractivity contribution in [2.45, 2.75) is 28.5 Å². The van der Waals surface area contributed by atoms with Crippen molar-refractivity contribution in [1.82, 2.24) is 0 Å². The fourth-order valence-electron chi connectivity index (χ4n) is 6.14. The van der Waals surface area contributed by atoms with Gasteiger partial charge in [0, 0.05) is 0 Å². The van der Waals surface area contributed by atoms with E-state index in [2.05, 4.69) is 0 Å². The molecule has 12 N–H and O–H groups in total. The Morgan fingerprint density at radius 1 is 0.250 bits per heavy atom. The summed E-state index contributed by atoms with van der Waals surface area (Å²) in [5.41, 5.74) is 0. The molecule has 36 heteroatoms. The van der Waals surface area contributed by atoms with Crippen LogP contribution in [0.5, 0.6) is 0 Å². The lowest BCUT2D eigenvalue weighted by Crippen LogP contribution is -3.07. The Morgan fingerprint density at radius 3 is 0.333 bits per heavy atom. The van der Waals surface area contributed by atoms with Crippen molar-refractivity contribution in [3.05, 3.63) is 0 Å². The number of aliphatic carboxylic acids is 6. The quantitative estimate of drug-likeness (QED) is 0.0813. The van der Waals surface area contributed by atoms with Crippen LogP contribution in [0.15, 0.2) is 0 Å². The van der Waals surface area contributed by atoms with Gasteiger partial charge in [-0.3, -0.25) is 56.1 Å². The molecule has 0 aliphatic heterocycles. The molecule has 1 rings (SSSR count). The highest BCUT2D eigenvalue weighted by atomic mass is 32.3. The molecular formula is C12H12O30S6. The van der Waals surface area contributed by atoms with Crippen LogP contribution in [0.2, 0.25) is 0 Å². The van der Waals surface area contributed by atoms with E-state index in [0.29, 0.717) is 0 Å². The van der Waals surface area contributed by atoms with Crippen molar-refractivity contribution in [2.24, 2.45) is 0 Å². The van der Waals surface area contributed by atoms with E-state index >= 15 is 0 Å². The van der Waals surface area contributed by atoms with Crippen molar-refractivity contribution in [1.29, 1.82) is 0 Å². The van der Waals surface area contributed by atoms with Gasteiger partial charge in [0.1, 0.15) is 0 Å². The maximum Gasteiger partial charge on any atom is 0.332 e. The monoisotopic (exact) mass is 828 g/mol. The molecular weight excluding hydrogens is 817 g/mol. The highest BCUT2D eigenvalue weighted by Gasteiger charge is 3.15. The average molecular weight is 829 g/mol. The fourth-order valence-corrected chi connectivity index (χ4v) is 18.9. The van der Waals surface area contributed by atoms with E-state index in [9.17, 15) is 137 Å². The molecule has 30 nitrogen and oxygen atoms in total. The number of carbonyl (C=O) groups is 6. The van der Waals surface area contributed by atoms with E-state index in [-0.39, 0.29) is 0 Å². The lowest BCUT2D eigenvalue weighted by molar-refractivity contribution is -0.178. The summed E-state index contributed by atoms with van der Waals surface area (Å²) in [5.74, 6) is -30.1.